The normalized spacial score (nSPS) is 35.3. The first-order valence-corrected chi connectivity index (χ1v) is 7.88. The van der Waals surface area contributed by atoms with Crippen LogP contribution in [0.4, 0.5) is 0 Å². The summed E-state index contributed by atoms with van der Waals surface area (Å²) in [7, 11) is 0. The van der Waals surface area contributed by atoms with Gasteiger partial charge in [-0.3, -0.25) is 4.79 Å². The Morgan fingerprint density at radius 3 is 2.68 bits per heavy atom. The van der Waals surface area contributed by atoms with Crippen LogP contribution in [0.3, 0.4) is 0 Å². The average molecular weight is 266 g/mol. The highest BCUT2D eigenvalue weighted by molar-refractivity contribution is 5.79. The molecule has 3 fully saturated rings. The van der Waals surface area contributed by atoms with E-state index in [0.717, 1.165) is 51.9 Å². The van der Waals surface area contributed by atoms with Gasteiger partial charge in [0.1, 0.15) is 0 Å². The fourth-order valence-corrected chi connectivity index (χ4v) is 3.50. The molecule has 2 N–H and O–H groups in total. The number of hydrogen-bond acceptors (Lipinski definition) is 3. The number of nitrogens with two attached hydrogens (primary N) is 1. The smallest absolute Gasteiger partial charge is 0.225 e. The standard InChI is InChI=1S/C15H26N2O2/c16-13-3-1-2-12(8-13)15(18)17(14-4-5-14)9-11-6-7-19-10-11/h11-14H,1-10,16H2. The maximum atomic E-state index is 12.7. The summed E-state index contributed by atoms with van der Waals surface area (Å²) in [5.41, 5.74) is 6.03. The lowest BCUT2D eigenvalue weighted by atomic mass is 9.85. The summed E-state index contributed by atoms with van der Waals surface area (Å²) in [6.07, 6.45) is 7.63. The molecule has 19 heavy (non-hydrogen) atoms. The fourth-order valence-electron chi connectivity index (χ4n) is 3.50. The summed E-state index contributed by atoms with van der Waals surface area (Å²) >= 11 is 0. The zero-order valence-electron chi connectivity index (χ0n) is 11.7. The quantitative estimate of drug-likeness (QED) is 0.839. The second-order valence-electron chi connectivity index (χ2n) is 6.57. The summed E-state index contributed by atoms with van der Waals surface area (Å²) in [5.74, 6) is 1.12. The zero-order chi connectivity index (χ0) is 13.2. The first-order valence-electron chi connectivity index (χ1n) is 7.88. The topological polar surface area (TPSA) is 55.6 Å². The maximum Gasteiger partial charge on any atom is 0.225 e. The Balaban J connectivity index is 1.60. The van der Waals surface area contributed by atoms with Crippen molar-refractivity contribution < 1.29 is 9.53 Å². The molecule has 4 heteroatoms. The lowest BCUT2D eigenvalue weighted by Gasteiger charge is -2.32. The molecular formula is C15H26N2O2. The Kier molecular flexibility index (Phi) is 4.08. The van der Waals surface area contributed by atoms with Gasteiger partial charge < -0.3 is 15.4 Å². The van der Waals surface area contributed by atoms with Gasteiger partial charge in [0.15, 0.2) is 0 Å². The number of ether oxygens (including phenoxy) is 1. The Bertz CT molecular complexity index is 324. The first-order chi connectivity index (χ1) is 9.24. The van der Waals surface area contributed by atoms with Crippen LogP contribution in [-0.4, -0.2) is 42.6 Å². The molecule has 0 aromatic rings. The summed E-state index contributed by atoms with van der Waals surface area (Å²) < 4.78 is 5.44. The van der Waals surface area contributed by atoms with Crippen LogP contribution < -0.4 is 5.73 Å². The van der Waals surface area contributed by atoms with Crippen LogP contribution in [0, 0.1) is 11.8 Å². The van der Waals surface area contributed by atoms with Gasteiger partial charge in [-0.05, 0) is 38.5 Å². The summed E-state index contributed by atoms with van der Waals surface area (Å²) in [6, 6.07) is 0.754. The molecule has 1 amide bonds. The van der Waals surface area contributed by atoms with Crippen LogP contribution in [-0.2, 0) is 9.53 Å². The van der Waals surface area contributed by atoms with E-state index < -0.39 is 0 Å². The third-order valence-corrected chi connectivity index (χ3v) is 4.81. The highest BCUT2D eigenvalue weighted by Crippen LogP contribution is 2.33. The Hall–Kier alpha value is -0.610. The van der Waals surface area contributed by atoms with Crippen molar-refractivity contribution in [2.24, 2.45) is 17.6 Å². The Morgan fingerprint density at radius 2 is 2.05 bits per heavy atom. The van der Waals surface area contributed by atoms with Crippen molar-refractivity contribution in [1.82, 2.24) is 4.90 Å². The number of carbonyl (C=O) groups is 1. The van der Waals surface area contributed by atoms with E-state index in [1.165, 1.54) is 12.8 Å². The van der Waals surface area contributed by atoms with Crippen molar-refractivity contribution in [2.75, 3.05) is 19.8 Å². The van der Waals surface area contributed by atoms with Crippen LogP contribution in [0.25, 0.3) is 0 Å². The van der Waals surface area contributed by atoms with Gasteiger partial charge in [-0.1, -0.05) is 6.42 Å². The molecule has 4 nitrogen and oxygen atoms in total. The van der Waals surface area contributed by atoms with Crippen molar-refractivity contribution in [3.63, 3.8) is 0 Å². The largest absolute Gasteiger partial charge is 0.381 e. The van der Waals surface area contributed by atoms with Crippen molar-refractivity contribution in [1.29, 1.82) is 0 Å². The van der Waals surface area contributed by atoms with Crippen LogP contribution >= 0.6 is 0 Å². The molecule has 0 aromatic carbocycles. The van der Waals surface area contributed by atoms with E-state index in [2.05, 4.69) is 4.90 Å². The summed E-state index contributed by atoms with van der Waals surface area (Å²) in [6.45, 7) is 2.61. The van der Waals surface area contributed by atoms with Gasteiger partial charge in [0.25, 0.3) is 0 Å². The van der Waals surface area contributed by atoms with Crippen LogP contribution in [0.5, 0.6) is 0 Å². The second kappa shape index (κ2) is 5.80. The van der Waals surface area contributed by atoms with Crippen LogP contribution in [0.1, 0.15) is 44.9 Å². The van der Waals surface area contributed by atoms with E-state index in [1.54, 1.807) is 0 Å². The third kappa shape index (κ3) is 3.29. The molecule has 3 rings (SSSR count). The van der Waals surface area contributed by atoms with Crippen LogP contribution in [0.15, 0.2) is 0 Å². The molecule has 108 valence electrons. The van der Waals surface area contributed by atoms with Gasteiger partial charge in [0, 0.05) is 37.1 Å². The first kappa shape index (κ1) is 13.4. The number of rotatable bonds is 4. The number of amides is 1. The predicted molar refractivity (Wildman–Crippen MR) is 73.6 cm³/mol. The number of nitrogens with zero attached hydrogens (tertiary/aromatic N) is 1. The maximum absolute atomic E-state index is 12.7. The molecule has 3 aliphatic rings. The Labute approximate surface area is 115 Å². The molecule has 1 aliphatic heterocycles. The van der Waals surface area contributed by atoms with Crippen molar-refractivity contribution >= 4 is 5.91 Å². The minimum Gasteiger partial charge on any atom is -0.381 e. The molecule has 0 spiro atoms. The average Bonchev–Trinajstić information content (AvgIpc) is 3.12. The number of hydrogen-bond donors (Lipinski definition) is 1. The SMILES string of the molecule is NC1CCCC(C(=O)N(CC2CCOC2)C2CC2)C1. The second-order valence-corrected chi connectivity index (χ2v) is 6.57. The van der Waals surface area contributed by atoms with Gasteiger partial charge in [-0.15, -0.1) is 0 Å². The minimum atomic E-state index is 0.187. The monoisotopic (exact) mass is 266 g/mol. The van der Waals surface area contributed by atoms with Gasteiger partial charge in [-0.25, -0.2) is 0 Å². The lowest BCUT2D eigenvalue weighted by Crippen LogP contribution is -2.44. The molecule has 2 aliphatic carbocycles. The molecule has 1 saturated heterocycles. The summed E-state index contributed by atoms with van der Waals surface area (Å²) in [4.78, 5) is 14.9. The van der Waals surface area contributed by atoms with Crippen molar-refractivity contribution in [2.45, 2.75) is 57.0 Å². The van der Waals surface area contributed by atoms with E-state index in [4.69, 9.17) is 10.5 Å². The lowest BCUT2D eigenvalue weighted by molar-refractivity contribution is -0.138. The zero-order valence-corrected chi connectivity index (χ0v) is 11.7. The number of carbonyl (C=O) groups excluding carboxylic acids is 1. The van der Waals surface area contributed by atoms with Crippen molar-refractivity contribution in [3.05, 3.63) is 0 Å². The van der Waals surface area contributed by atoms with E-state index >= 15 is 0 Å². The summed E-state index contributed by atoms with van der Waals surface area (Å²) in [5, 5.41) is 0. The molecule has 3 atom stereocenters. The van der Waals surface area contributed by atoms with E-state index in [1.807, 2.05) is 0 Å². The molecule has 0 radical (unpaired) electrons. The van der Waals surface area contributed by atoms with Gasteiger partial charge in [0.2, 0.25) is 5.91 Å². The molecule has 2 saturated carbocycles. The highest BCUT2D eigenvalue weighted by Gasteiger charge is 2.38. The molecule has 0 aromatic heterocycles. The molecule has 3 unspecified atom stereocenters. The van der Waals surface area contributed by atoms with Gasteiger partial charge >= 0.3 is 0 Å². The fraction of sp³-hybridized carbons (Fsp3) is 0.933. The van der Waals surface area contributed by atoms with E-state index in [0.29, 0.717) is 17.9 Å². The van der Waals surface area contributed by atoms with Crippen molar-refractivity contribution in [3.8, 4) is 0 Å². The minimum absolute atomic E-state index is 0.187. The molecular weight excluding hydrogens is 240 g/mol. The Morgan fingerprint density at radius 1 is 1.21 bits per heavy atom. The van der Waals surface area contributed by atoms with Gasteiger partial charge in [-0.2, -0.15) is 0 Å². The third-order valence-electron chi connectivity index (χ3n) is 4.81. The van der Waals surface area contributed by atoms with Gasteiger partial charge in [0.05, 0.1) is 6.61 Å². The van der Waals surface area contributed by atoms with Crippen LogP contribution in [0.2, 0.25) is 0 Å². The predicted octanol–water partition coefficient (Wildman–Crippen LogP) is 1.53. The van der Waals surface area contributed by atoms with E-state index in [-0.39, 0.29) is 12.0 Å². The molecule has 1 heterocycles. The molecule has 0 bridgehead atoms. The highest BCUT2D eigenvalue weighted by atomic mass is 16.5. The van der Waals surface area contributed by atoms with E-state index in [9.17, 15) is 4.79 Å².